The zero-order valence-electron chi connectivity index (χ0n) is 10.0. The fourth-order valence-corrected chi connectivity index (χ4v) is 2.58. The van der Waals surface area contributed by atoms with Crippen LogP contribution in [0, 0.1) is 6.92 Å². The molecule has 1 N–H and O–H groups in total. The molecule has 2 rings (SSSR count). The Bertz CT molecular complexity index is 341. The predicted molar refractivity (Wildman–Crippen MR) is 65.0 cm³/mol. The predicted octanol–water partition coefficient (Wildman–Crippen LogP) is 3.59. The molecule has 0 aliphatic carbocycles. The van der Waals surface area contributed by atoms with Crippen LogP contribution in [-0.2, 0) is 0 Å². The van der Waals surface area contributed by atoms with Crippen molar-refractivity contribution in [3.8, 4) is 0 Å². The molecule has 0 amide bonds. The summed E-state index contributed by atoms with van der Waals surface area (Å²) in [5.41, 5.74) is 3.18. The average Bonchev–Trinajstić information content (AvgIpc) is 2.17. The van der Waals surface area contributed by atoms with Crippen molar-refractivity contribution in [3.05, 3.63) is 35.4 Å². The normalized spacial score (nSPS) is 25.1. The molecule has 1 aliphatic rings. The smallest absolute Gasteiger partial charge is 0.0327 e. The Morgan fingerprint density at radius 3 is 2.67 bits per heavy atom. The van der Waals surface area contributed by atoms with Gasteiger partial charge < -0.3 is 5.32 Å². The van der Waals surface area contributed by atoms with E-state index in [1.165, 1.54) is 30.4 Å². The summed E-state index contributed by atoms with van der Waals surface area (Å²) in [4.78, 5) is 0. The molecule has 0 aromatic heterocycles. The summed E-state index contributed by atoms with van der Waals surface area (Å²) in [6.45, 7) is 6.81. The molecule has 15 heavy (non-hydrogen) atoms. The highest BCUT2D eigenvalue weighted by atomic mass is 15.0. The van der Waals surface area contributed by atoms with Crippen molar-refractivity contribution >= 4 is 0 Å². The Balaban J connectivity index is 2.21. The quantitative estimate of drug-likeness (QED) is 0.735. The Labute approximate surface area is 92.9 Å². The van der Waals surface area contributed by atoms with Crippen LogP contribution < -0.4 is 5.32 Å². The van der Waals surface area contributed by atoms with Crippen molar-refractivity contribution in [2.45, 2.75) is 51.6 Å². The zero-order valence-corrected chi connectivity index (χ0v) is 10.0. The molecule has 1 aromatic rings. The van der Waals surface area contributed by atoms with E-state index < -0.39 is 0 Å². The van der Waals surface area contributed by atoms with Gasteiger partial charge in [0.1, 0.15) is 0 Å². The van der Waals surface area contributed by atoms with Crippen molar-refractivity contribution in [3.63, 3.8) is 0 Å². The highest BCUT2D eigenvalue weighted by Gasteiger charge is 2.27. The topological polar surface area (TPSA) is 12.0 Å². The number of benzene rings is 1. The molecule has 1 heterocycles. The fourth-order valence-electron chi connectivity index (χ4n) is 2.58. The maximum absolute atomic E-state index is 3.75. The Hall–Kier alpha value is -0.820. The van der Waals surface area contributed by atoms with Gasteiger partial charge in [-0.25, -0.2) is 0 Å². The van der Waals surface area contributed by atoms with E-state index in [4.69, 9.17) is 0 Å². The van der Waals surface area contributed by atoms with Gasteiger partial charge in [-0.1, -0.05) is 24.3 Å². The number of aryl methyl sites for hydroxylation is 1. The molecule has 1 unspecified atom stereocenters. The molecule has 1 aromatic carbocycles. The molecular formula is C14H21N. The van der Waals surface area contributed by atoms with E-state index in [0.29, 0.717) is 11.6 Å². The second-order valence-corrected chi connectivity index (χ2v) is 5.33. The third-order valence-corrected chi connectivity index (χ3v) is 3.42. The molecule has 0 bridgehead atoms. The molecule has 1 heteroatoms. The SMILES string of the molecule is Cc1ccccc1C1CCCC(C)(C)N1. The third kappa shape index (κ3) is 2.40. The van der Waals surface area contributed by atoms with Crippen molar-refractivity contribution in [1.29, 1.82) is 0 Å². The summed E-state index contributed by atoms with van der Waals surface area (Å²) in [6.07, 6.45) is 3.89. The summed E-state index contributed by atoms with van der Waals surface area (Å²) in [7, 11) is 0. The minimum Gasteiger partial charge on any atom is -0.305 e. The number of hydrogen-bond acceptors (Lipinski definition) is 1. The van der Waals surface area contributed by atoms with Crippen LogP contribution in [0.1, 0.15) is 50.3 Å². The third-order valence-electron chi connectivity index (χ3n) is 3.42. The van der Waals surface area contributed by atoms with E-state index in [1.54, 1.807) is 0 Å². The van der Waals surface area contributed by atoms with Crippen LogP contribution in [0.4, 0.5) is 0 Å². The molecule has 1 nitrogen and oxygen atoms in total. The van der Waals surface area contributed by atoms with E-state index in [2.05, 4.69) is 50.4 Å². The minimum absolute atomic E-state index is 0.297. The number of hydrogen-bond donors (Lipinski definition) is 1. The van der Waals surface area contributed by atoms with Crippen LogP contribution in [0.5, 0.6) is 0 Å². The van der Waals surface area contributed by atoms with E-state index >= 15 is 0 Å². The van der Waals surface area contributed by atoms with Crippen molar-refractivity contribution in [2.75, 3.05) is 0 Å². The zero-order chi connectivity index (χ0) is 10.9. The Morgan fingerprint density at radius 2 is 2.00 bits per heavy atom. The first-order valence-electron chi connectivity index (χ1n) is 5.92. The van der Waals surface area contributed by atoms with Gasteiger partial charge in [0.05, 0.1) is 0 Å². The van der Waals surface area contributed by atoms with Gasteiger partial charge in [0.15, 0.2) is 0 Å². The van der Waals surface area contributed by atoms with Gasteiger partial charge in [-0.2, -0.15) is 0 Å². The van der Waals surface area contributed by atoms with Gasteiger partial charge >= 0.3 is 0 Å². The lowest BCUT2D eigenvalue weighted by molar-refractivity contribution is 0.245. The van der Waals surface area contributed by atoms with Gasteiger partial charge in [0.2, 0.25) is 0 Å². The average molecular weight is 203 g/mol. The Kier molecular flexibility index (Phi) is 2.83. The summed E-state index contributed by atoms with van der Waals surface area (Å²) in [5.74, 6) is 0. The van der Waals surface area contributed by atoms with E-state index in [-0.39, 0.29) is 0 Å². The lowest BCUT2D eigenvalue weighted by atomic mass is 9.85. The minimum atomic E-state index is 0.297. The van der Waals surface area contributed by atoms with Gasteiger partial charge in [0, 0.05) is 11.6 Å². The highest BCUT2D eigenvalue weighted by molar-refractivity contribution is 5.29. The molecule has 1 saturated heterocycles. The summed E-state index contributed by atoms with van der Waals surface area (Å²) in [5, 5.41) is 3.75. The van der Waals surface area contributed by atoms with Crippen molar-refractivity contribution in [1.82, 2.24) is 5.32 Å². The first kappa shape index (κ1) is 10.7. The van der Waals surface area contributed by atoms with Crippen LogP contribution in [-0.4, -0.2) is 5.54 Å². The second-order valence-electron chi connectivity index (χ2n) is 5.33. The van der Waals surface area contributed by atoms with Crippen LogP contribution in [0.25, 0.3) is 0 Å². The molecule has 0 saturated carbocycles. The molecular weight excluding hydrogens is 182 g/mol. The molecule has 0 spiro atoms. The number of nitrogens with one attached hydrogen (secondary N) is 1. The monoisotopic (exact) mass is 203 g/mol. The van der Waals surface area contributed by atoms with Gasteiger partial charge in [-0.15, -0.1) is 0 Å². The number of piperidine rings is 1. The molecule has 1 fully saturated rings. The van der Waals surface area contributed by atoms with E-state index in [0.717, 1.165) is 0 Å². The number of rotatable bonds is 1. The lowest BCUT2D eigenvalue weighted by Gasteiger charge is -2.38. The first-order chi connectivity index (χ1) is 7.08. The molecule has 1 aliphatic heterocycles. The molecule has 82 valence electrons. The van der Waals surface area contributed by atoms with Gasteiger partial charge in [0.25, 0.3) is 0 Å². The lowest BCUT2D eigenvalue weighted by Crippen LogP contribution is -2.45. The Morgan fingerprint density at radius 1 is 1.27 bits per heavy atom. The van der Waals surface area contributed by atoms with Gasteiger partial charge in [-0.3, -0.25) is 0 Å². The van der Waals surface area contributed by atoms with Crippen LogP contribution in [0.15, 0.2) is 24.3 Å². The maximum atomic E-state index is 3.75. The van der Waals surface area contributed by atoms with Crippen molar-refractivity contribution in [2.24, 2.45) is 0 Å². The van der Waals surface area contributed by atoms with Gasteiger partial charge in [-0.05, 0) is 51.2 Å². The van der Waals surface area contributed by atoms with Crippen LogP contribution in [0.2, 0.25) is 0 Å². The van der Waals surface area contributed by atoms with Crippen molar-refractivity contribution < 1.29 is 0 Å². The van der Waals surface area contributed by atoms with Crippen LogP contribution >= 0.6 is 0 Å². The maximum Gasteiger partial charge on any atom is 0.0327 e. The first-order valence-corrected chi connectivity index (χ1v) is 5.92. The highest BCUT2D eigenvalue weighted by Crippen LogP contribution is 2.31. The molecule has 1 atom stereocenters. The van der Waals surface area contributed by atoms with Crippen LogP contribution in [0.3, 0.4) is 0 Å². The summed E-state index contributed by atoms with van der Waals surface area (Å²) >= 11 is 0. The standard InChI is InChI=1S/C14H21N/c1-11-7-4-5-8-12(11)13-9-6-10-14(2,3)15-13/h4-5,7-8,13,15H,6,9-10H2,1-3H3. The fraction of sp³-hybridized carbons (Fsp3) is 0.571. The summed E-state index contributed by atoms with van der Waals surface area (Å²) in [6, 6.07) is 9.28. The summed E-state index contributed by atoms with van der Waals surface area (Å²) < 4.78 is 0. The second kappa shape index (κ2) is 3.97. The largest absolute Gasteiger partial charge is 0.305 e. The van der Waals surface area contributed by atoms with E-state index in [9.17, 15) is 0 Å². The molecule has 0 radical (unpaired) electrons. The van der Waals surface area contributed by atoms with E-state index in [1.807, 2.05) is 0 Å².